The van der Waals surface area contributed by atoms with Crippen molar-refractivity contribution in [2.75, 3.05) is 26.2 Å². The van der Waals surface area contributed by atoms with Crippen LogP contribution in [0, 0.1) is 5.92 Å². The summed E-state index contributed by atoms with van der Waals surface area (Å²) in [4.78, 5) is 14.5. The Morgan fingerprint density at radius 3 is 2.83 bits per heavy atom. The van der Waals surface area contributed by atoms with Gasteiger partial charge in [0.05, 0.1) is 0 Å². The normalized spacial score (nSPS) is 21.4. The maximum atomic E-state index is 12.1. The maximum absolute atomic E-state index is 12.1. The zero-order valence-corrected chi connectivity index (χ0v) is 14.6. The lowest BCUT2D eigenvalue weighted by Crippen LogP contribution is -2.51. The van der Waals surface area contributed by atoms with Crippen LogP contribution in [-0.2, 0) is 11.3 Å². The third-order valence-corrected chi connectivity index (χ3v) is 4.51. The second-order valence-electron chi connectivity index (χ2n) is 6.63. The number of carbonyl (C=O) groups is 1. The molecular formula is C19H30N2O3. The van der Waals surface area contributed by atoms with Crippen LogP contribution in [-0.4, -0.2) is 48.4 Å². The lowest BCUT2D eigenvalue weighted by Gasteiger charge is -2.37. The third kappa shape index (κ3) is 6.49. The maximum Gasteiger partial charge on any atom is 0.407 e. The first-order chi connectivity index (χ1) is 11.7. The molecule has 1 heterocycles. The first kappa shape index (κ1) is 18.7. The first-order valence-electron chi connectivity index (χ1n) is 9.01. The minimum atomic E-state index is -0.357. The molecule has 1 aromatic rings. The molecule has 1 saturated heterocycles. The van der Waals surface area contributed by atoms with Gasteiger partial charge in [-0.15, -0.1) is 0 Å². The van der Waals surface area contributed by atoms with Crippen LogP contribution in [0.25, 0.3) is 0 Å². The van der Waals surface area contributed by atoms with Crippen LogP contribution in [0.1, 0.15) is 38.2 Å². The smallest absolute Gasteiger partial charge is 0.407 e. The molecule has 1 aromatic carbocycles. The minimum absolute atomic E-state index is 0.0930. The van der Waals surface area contributed by atoms with Gasteiger partial charge in [-0.05, 0) is 37.3 Å². The van der Waals surface area contributed by atoms with E-state index in [9.17, 15) is 9.90 Å². The van der Waals surface area contributed by atoms with Crippen molar-refractivity contribution >= 4 is 6.09 Å². The molecule has 2 unspecified atom stereocenters. The first-order valence-corrected chi connectivity index (χ1v) is 9.01. The lowest BCUT2D eigenvalue weighted by atomic mass is 9.91. The summed E-state index contributed by atoms with van der Waals surface area (Å²) in [7, 11) is 0. The standard InChI is InChI=1S/C19H30N2O3/c1-2-3-10-21-13-17(9-11-22)12-18(14-21)20-19(23)24-15-16-7-5-4-6-8-16/h4-8,17-18,22H,2-3,9-15H2,1H3,(H,20,23). The summed E-state index contributed by atoms with van der Waals surface area (Å²) in [5, 5.41) is 12.2. The molecule has 2 rings (SSSR count). The molecule has 5 heteroatoms. The quantitative estimate of drug-likeness (QED) is 0.767. The molecule has 0 radical (unpaired) electrons. The van der Waals surface area contributed by atoms with Crippen LogP contribution in [0.15, 0.2) is 30.3 Å². The molecule has 0 bridgehead atoms. The number of aliphatic hydroxyl groups excluding tert-OH is 1. The van der Waals surface area contributed by atoms with Crippen molar-refractivity contribution in [3.8, 4) is 0 Å². The van der Waals surface area contributed by atoms with E-state index in [1.54, 1.807) is 0 Å². The molecule has 1 fully saturated rings. The Morgan fingerprint density at radius 1 is 1.33 bits per heavy atom. The van der Waals surface area contributed by atoms with Gasteiger partial charge in [0, 0.05) is 25.7 Å². The number of hydrogen-bond donors (Lipinski definition) is 2. The fourth-order valence-electron chi connectivity index (χ4n) is 3.29. The Labute approximate surface area is 145 Å². The summed E-state index contributed by atoms with van der Waals surface area (Å²) in [6.07, 6.45) is 3.67. The Balaban J connectivity index is 1.80. The van der Waals surface area contributed by atoms with Crippen LogP contribution in [0.2, 0.25) is 0 Å². The average Bonchev–Trinajstić information content (AvgIpc) is 2.59. The van der Waals surface area contributed by atoms with Crippen LogP contribution >= 0.6 is 0 Å². The fourth-order valence-corrected chi connectivity index (χ4v) is 3.29. The number of unbranched alkanes of at least 4 members (excludes halogenated alkanes) is 1. The van der Waals surface area contributed by atoms with Crippen molar-refractivity contribution in [1.82, 2.24) is 10.2 Å². The number of benzene rings is 1. The van der Waals surface area contributed by atoms with Gasteiger partial charge in [-0.2, -0.15) is 0 Å². The Bertz CT molecular complexity index is 481. The number of carbonyl (C=O) groups excluding carboxylic acids is 1. The SMILES string of the molecule is CCCCN1CC(CCO)CC(NC(=O)OCc2ccccc2)C1. The van der Waals surface area contributed by atoms with E-state index in [0.717, 1.165) is 44.5 Å². The van der Waals surface area contributed by atoms with Crippen LogP contribution in [0.3, 0.4) is 0 Å². The van der Waals surface area contributed by atoms with Crippen LogP contribution in [0.4, 0.5) is 4.79 Å². The molecule has 0 saturated carbocycles. The highest BCUT2D eigenvalue weighted by atomic mass is 16.5. The van der Waals surface area contributed by atoms with Crippen LogP contribution in [0.5, 0.6) is 0 Å². The highest BCUT2D eigenvalue weighted by molar-refractivity contribution is 5.67. The van der Waals surface area contributed by atoms with E-state index in [4.69, 9.17) is 4.74 Å². The number of likely N-dealkylation sites (tertiary alicyclic amines) is 1. The number of nitrogens with one attached hydrogen (secondary N) is 1. The molecule has 0 aliphatic carbocycles. The molecule has 1 aliphatic heterocycles. The van der Waals surface area contributed by atoms with Gasteiger partial charge in [-0.1, -0.05) is 43.7 Å². The number of hydrogen-bond acceptors (Lipinski definition) is 4. The number of piperidine rings is 1. The van der Waals surface area contributed by atoms with E-state index in [2.05, 4.69) is 17.1 Å². The summed E-state index contributed by atoms with van der Waals surface area (Å²) in [6, 6.07) is 9.79. The van der Waals surface area contributed by atoms with E-state index in [0.29, 0.717) is 12.5 Å². The highest BCUT2D eigenvalue weighted by Gasteiger charge is 2.27. The molecule has 2 N–H and O–H groups in total. The average molecular weight is 334 g/mol. The predicted molar refractivity (Wildman–Crippen MR) is 94.7 cm³/mol. The minimum Gasteiger partial charge on any atom is -0.445 e. The molecule has 1 aliphatic rings. The van der Waals surface area contributed by atoms with Gasteiger partial charge in [0.25, 0.3) is 0 Å². The van der Waals surface area contributed by atoms with E-state index in [-0.39, 0.29) is 18.7 Å². The lowest BCUT2D eigenvalue weighted by molar-refractivity contribution is 0.101. The molecule has 0 spiro atoms. The molecule has 2 atom stereocenters. The second-order valence-corrected chi connectivity index (χ2v) is 6.63. The van der Waals surface area contributed by atoms with Gasteiger partial charge < -0.3 is 20.1 Å². The fraction of sp³-hybridized carbons (Fsp3) is 0.632. The topological polar surface area (TPSA) is 61.8 Å². The molecule has 134 valence electrons. The van der Waals surface area contributed by atoms with Gasteiger partial charge >= 0.3 is 6.09 Å². The van der Waals surface area contributed by atoms with E-state index < -0.39 is 0 Å². The van der Waals surface area contributed by atoms with E-state index in [1.807, 2.05) is 30.3 Å². The zero-order valence-electron chi connectivity index (χ0n) is 14.6. The van der Waals surface area contributed by atoms with Gasteiger partial charge in [0.1, 0.15) is 6.61 Å². The predicted octanol–water partition coefficient (Wildman–Crippen LogP) is 2.79. The number of ether oxygens (including phenoxy) is 1. The number of rotatable bonds is 8. The molecule has 1 amide bonds. The molecule has 24 heavy (non-hydrogen) atoms. The van der Waals surface area contributed by atoms with Crippen molar-refractivity contribution in [1.29, 1.82) is 0 Å². The van der Waals surface area contributed by atoms with Crippen molar-refractivity contribution < 1.29 is 14.6 Å². The summed E-state index contributed by atoms with van der Waals surface area (Å²) in [5.41, 5.74) is 0.985. The van der Waals surface area contributed by atoms with Crippen molar-refractivity contribution in [3.05, 3.63) is 35.9 Å². The largest absolute Gasteiger partial charge is 0.445 e. The summed E-state index contributed by atoms with van der Waals surface area (Å²) >= 11 is 0. The Hall–Kier alpha value is -1.59. The van der Waals surface area contributed by atoms with Crippen molar-refractivity contribution in [2.45, 2.75) is 45.3 Å². The Morgan fingerprint density at radius 2 is 2.12 bits per heavy atom. The monoisotopic (exact) mass is 334 g/mol. The Kier molecular flexibility index (Phi) is 8.05. The number of aliphatic hydroxyl groups is 1. The molecular weight excluding hydrogens is 304 g/mol. The zero-order chi connectivity index (χ0) is 17.2. The number of amides is 1. The van der Waals surface area contributed by atoms with Crippen LogP contribution < -0.4 is 5.32 Å². The summed E-state index contributed by atoms with van der Waals surface area (Å²) in [5.74, 6) is 0.431. The number of nitrogens with zero attached hydrogens (tertiary/aromatic N) is 1. The second kappa shape index (κ2) is 10.3. The highest BCUT2D eigenvalue weighted by Crippen LogP contribution is 2.20. The van der Waals surface area contributed by atoms with E-state index in [1.165, 1.54) is 6.42 Å². The van der Waals surface area contributed by atoms with Gasteiger partial charge in [0.2, 0.25) is 0 Å². The number of alkyl carbamates (subject to hydrolysis) is 1. The van der Waals surface area contributed by atoms with E-state index >= 15 is 0 Å². The molecule has 0 aromatic heterocycles. The van der Waals surface area contributed by atoms with Gasteiger partial charge in [-0.25, -0.2) is 4.79 Å². The third-order valence-electron chi connectivity index (χ3n) is 4.51. The summed E-state index contributed by atoms with van der Waals surface area (Å²) in [6.45, 7) is 5.61. The van der Waals surface area contributed by atoms with Crippen molar-refractivity contribution in [3.63, 3.8) is 0 Å². The van der Waals surface area contributed by atoms with Gasteiger partial charge in [0.15, 0.2) is 0 Å². The summed E-state index contributed by atoms with van der Waals surface area (Å²) < 4.78 is 5.32. The van der Waals surface area contributed by atoms with Crippen molar-refractivity contribution in [2.24, 2.45) is 5.92 Å². The van der Waals surface area contributed by atoms with Gasteiger partial charge in [-0.3, -0.25) is 0 Å². The molecule has 5 nitrogen and oxygen atoms in total.